The van der Waals surface area contributed by atoms with Gasteiger partial charge in [-0.05, 0) is 12.8 Å². The van der Waals surface area contributed by atoms with Crippen LogP contribution in [-0.2, 0) is 19.1 Å². The first-order chi connectivity index (χ1) is 8.27. The van der Waals surface area contributed by atoms with E-state index < -0.39 is 11.9 Å². The Kier molecular flexibility index (Phi) is 21.4. The molecule has 6 nitrogen and oxygen atoms in total. The second kappa shape index (κ2) is 17.8. The molecule has 0 rings (SSSR count). The zero-order chi connectivity index (χ0) is 15.0. The highest BCUT2D eigenvalue weighted by molar-refractivity contribution is 5.66. The number of rotatable bonds is 5. The summed E-state index contributed by atoms with van der Waals surface area (Å²) < 4.78 is 4.55. The lowest BCUT2D eigenvalue weighted by molar-refractivity contribution is -0.141. The van der Waals surface area contributed by atoms with Crippen LogP contribution >= 0.6 is 0 Å². The van der Waals surface area contributed by atoms with Crippen molar-refractivity contribution in [2.45, 2.75) is 53.4 Å². The summed E-state index contributed by atoms with van der Waals surface area (Å²) in [5.74, 6) is -1.72. The number of aliphatic carboxylic acids is 2. The van der Waals surface area contributed by atoms with Gasteiger partial charge >= 0.3 is 11.9 Å². The van der Waals surface area contributed by atoms with E-state index in [9.17, 15) is 9.59 Å². The maximum absolute atomic E-state index is 9.98. The van der Waals surface area contributed by atoms with Crippen LogP contribution in [-0.4, -0.2) is 34.7 Å². The van der Waals surface area contributed by atoms with Gasteiger partial charge in [0, 0.05) is 20.3 Å². The van der Waals surface area contributed by atoms with Gasteiger partial charge < -0.3 is 14.9 Å². The standard InChI is InChI=1S/2C5H10O2.C2H4O2/c1-3-4-7-5(2)6;1-2-3-4-5(6)7;1-2(3)4/h3-4H2,1-2H3;2-4H2,1H3,(H,6,7);1H3,(H,3,4). The first-order valence-corrected chi connectivity index (χ1v) is 5.82. The monoisotopic (exact) mass is 264 g/mol. The molecular formula is C12H24O6. The maximum atomic E-state index is 9.98. The summed E-state index contributed by atoms with van der Waals surface area (Å²) in [5.41, 5.74) is 0. The Balaban J connectivity index is -0.000000196. The normalized spacial score (nSPS) is 8.00. The number of carbonyl (C=O) groups excluding carboxylic acids is 1. The summed E-state index contributed by atoms with van der Waals surface area (Å²) in [6.07, 6.45) is 2.98. The van der Waals surface area contributed by atoms with Gasteiger partial charge in [-0.25, -0.2) is 0 Å². The highest BCUT2D eigenvalue weighted by atomic mass is 16.5. The molecule has 0 saturated carbocycles. The number of hydrogen-bond donors (Lipinski definition) is 2. The molecule has 0 bridgehead atoms. The summed E-state index contributed by atoms with van der Waals surface area (Å²) in [5, 5.41) is 15.5. The first-order valence-electron chi connectivity index (χ1n) is 5.82. The number of carboxylic acids is 2. The van der Waals surface area contributed by atoms with E-state index in [0.29, 0.717) is 13.0 Å². The molecule has 0 saturated heterocycles. The van der Waals surface area contributed by atoms with Crippen molar-refractivity contribution in [1.29, 1.82) is 0 Å². The Morgan fingerprint density at radius 3 is 1.56 bits per heavy atom. The van der Waals surface area contributed by atoms with Crippen LogP contribution in [0.4, 0.5) is 0 Å². The molecule has 0 aliphatic heterocycles. The fourth-order valence-electron chi connectivity index (χ4n) is 0.574. The lowest BCUT2D eigenvalue weighted by Gasteiger charge is -1.93. The van der Waals surface area contributed by atoms with Crippen LogP contribution < -0.4 is 0 Å². The minimum absolute atomic E-state index is 0.193. The fourth-order valence-corrected chi connectivity index (χ4v) is 0.574. The van der Waals surface area contributed by atoms with Crippen molar-refractivity contribution in [1.82, 2.24) is 0 Å². The van der Waals surface area contributed by atoms with Gasteiger partial charge in [-0.3, -0.25) is 14.4 Å². The van der Waals surface area contributed by atoms with E-state index in [2.05, 4.69) is 4.74 Å². The average molecular weight is 264 g/mol. The molecule has 2 N–H and O–H groups in total. The largest absolute Gasteiger partial charge is 0.481 e. The average Bonchev–Trinajstić information content (AvgIpc) is 2.23. The van der Waals surface area contributed by atoms with Gasteiger partial charge in [-0.1, -0.05) is 20.3 Å². The summed E-state index contributed by atoms with van der Waals surface area (Å²) in [6.45, 7) is 6.98. The van der Waals surface area contributed by atoms with Crippen molar-refractivity contribution < 1.29 is 29.3 Å². The van der Waals surface area contributed by atoms with Crippen LogP contribution in [0, 0.1) is 0 Å². The number of carboxylic acid groups (broad SMARTS) is 2. The highest BCUT2D eigenvalue weighted by Gasteiger charge is 1.90. The second-order valence-electron chi connectivity index (χ2n) is 3.36. The molecule has 0 aliphatic rings. The molecule has 0 radical (unpaired) electrons. The third kappa shape index (κ3) is 63.1. The molecule has 0 aliphatic carbocycles. The van der Waals surface area contributed by atoms with Crippen molar-refractivity contribution in [3.05, 3.63) is 0 Å². The van der Waals surface area contributed by atoms with Crippen LogP contribution in [0.25, 0.3) is 0 Å². The second-order valence-corrected chi connectivity index (χ2v) is 3.36. The molecule has 0 spiro atoms. The van der Waals surface area contributed by atoms with Crippen LogP contribution in [0.1, 0.15) is 53.4 Å². The molecule has 18 heavy (non-hydrogen) atoms. The predicted octanol–water partition coefficient (Wildman–Crippen LogP) is 2.31. The summed E-state index contributed by atoms with van der Waals surface area (Å²) >= 11 is 0. The summed E-state index contributed by atoms with van der Waals surface area (Å²) in [7, 11) is 0. The molecule has 0 fully saturated rings. The maximum Gasteiger partial charge on any atom is 0.303 e. The number of carbonyl (C=O) groups is 3. The fraction of sp³-hybridized carbons (Fsp3) is 0.750. The molecule has 0 heterocycles. The Labute approximate surface area is 108 Å². The minimum atomic E-state index is -0.833. The molecule has 6 heteroatoms. The molecule has 0 unspecified atom stereocenters. The smallest absolute Gasteiger partial charge is 0.303 e. The molecule has 108 valence electrons. The molecule has 0 atom stereocenters. The summed E-state index contributed by atoms with van der Waals surface area (Å²) in [4.78, 5) is 28.7. The van der Waals surface area contributed by atoms with E-state index in [-0.39, 0.29) is 5.97 Å². The van der Waals surface area contributed by atoms with E-state index in [0.717, 1.165) is 26.2 Å². The third-order valence-electron chi connectivity index (χ3n) is 1.25. The van der Waals surface area contributed by atoms with Crippen LogP contribution in [0.5, 0.6) is 0 Å². The number of hydrogen-bond acceptors (Lipinski definition) is 4. The highest BCUT2D eigenvalue weighted by Crippen LogP contribution is 1.91. The van der Waals surface area contributed by atoms with Gasteiger partial charge in [-0.15, -0.1) is 0 Å². The summed E-state index contributed by atoms with van der Waals surface area (Å²) in [6, 6.07) is 0. The van der Waals surface area contributed by atoms with Crippen LogP contribution in [0.15, 0.2) is 0 Å². The van der Waals surface area contributed by atoms with Crippen molar-refractivity contribution in [3.8, 4) is 0 Å². The van der Waals surface area contributed by atoms with Gasteiger partial charge in [0.2, 0.25) is 0 Å². The topological polar surface area (TPSA) is 101 Å². The van der Waals surface area contributed by atoms with E-state index >= 15 is 0 Å². The predicted molar refractivity (Wildman–Crippen MR) is 67.4 cm³/mol. The van der Waals surface area contributed by atoms with Gasteiger partial charge in [0.15, 0.2) is 0 Å². The Bertz CT molecular complexity index is 203. The van der Waals surface area contributed by atoms with E-state index in [4.69, 9.17) is 15.0 Å². The SMILES string of the molecule is CC(=O)O.CCCCC(=O)O.CCCOC(C)=O. The lowest BCUT2D eigenvalue weighted by atomic mass is 10.3. The number of ether oxygens (including phenoxy) is 1. The van der Waals surface area contributed by atoms with E-state index in [1.54, 1.807) is 0 Å². The van der Waals surface area contributed by atoms with Crippen LogP contribution in [0.2, 0.25) is 0 Å². The van der Waals surface area contributed by atoms with Gasteiger partial charge in [0.05, 0.1) is 6.61 Å². The van der Waals surface area contributed by atoms with Crippen LogP contribution in [0.3, 0.4) is 0 Å². The molecule has 0 amide bonds. The molecule has 0 aromatic rings. The molecular weight excluding hydrogens is 240 g/mol. The third-order valence-corrected chi connectivity index (χ3v) is 1.25. The lowest BCUT2D eigenvalue weighted by Crippen LogP contribution is -1.98. The van der Waals surface area contributed by atoms with Crippen molar-refractivity contribution >= 4 is 17.9 Å². The minimum Gasteiger partial charge on any atom is -0.481 e. The van der Waals surface area contributed by atoms with Crippen molar-refractivity contribution in [2.75, 3.05) is 6.61 Å². The quantitative estimate of drug-likeness (QED) is 0.739. The van der Waals surface area contributed by atoms with E-state index in [1.165, 1.54) is 6.92 Å². The molecule has 0 aromatic heterocycles. The Hall–Kier alpha value is -1.59. The van der Waals surface area contributed by atoms with Crippen molar-refractivity contribution in [2.24, 2.45) is 0 Å². The number of esters is 1. The zero-order valence-electron chi connectivity index (χ0n) is 11.6. The van der Waals surface area contributed by atoms with E-state index in [1.807, 2.05) is 13.8 Å². The van der Waals surface area contributed by atoms with Gasteiger partial charge in [-0.2, -0.15) is 0 Å². The van der Waals surface area contributed by atoms with Crippen molar-refractivity contribution in [3.63, 3.8) is 0 Å². The zero-order valence-corrected chi connectivity index (χ0v) is 11.6. The van der Waals surface area contributed by atoms with Gasteiger partial charge in [0.25, 0.3) is 5.97 Å². The Morgan fingerprint density at radius 1 is 1.00 bits per heavy atom. The first kappa shape index (κ1) is 21.7. The Morgan fingerprint density at radius 2 is 1.44 bits per heavy atom. The molecule has 0 aromatic carbocycles. The number of unbranched alkanes of at least 4 members (excludes halogenated alkanes) is 1. The van der Waals surface area contributed by atoms with Gasteiger partial charge in [0.1, 0.15) is 0 Å².